The van der Waals surface area contributed by atoms with E-state index in [0.29, 0.717) is 5.92 Å². The van der Waals surface area contributed by atoms with Crippen LogP contribution in [0.2, 0.25) is 0 Å². The van der Waals surface area contributed by atoms with Crippen LogP contribution < -0.4 is 10.5 Å². The molecule has 4 nitrogen and oxygen atoms in total. The van der Waals surface area contributed by atoms with Gasteiger partial charge in [-0.2, -0.15) is 18.2 Å². The van der Waals surface area contributed by atoms with Gasteiger partial charge < -0.3 is 10.5 Å². The van der Waals surface area contributed by atoms with Gasteiger partial charge in [0, 0.05) is 6.07 Å². The summed E-state index contributed by atoms with van der Waals surface area (Å²) >= 11 is 0. The molecule has 1 aromatic rings. The Balaban J connectivity index is 2.10. The van der Waals surface area contributed by atoms with Gasteiger partial charge >= 0.3 is 6.18 Å². The molecule has 0 aromatic carbocycles. The van der Waals surface area contributed by atoms with E-state index in [-0.39, 0.29) is 12.0 Å². The smallest absolute Gasteiger partial charge is 0.433 e. The molecule has 0 spiro atoms. The van der Waals surface area contributed by atoms with Crippen molar-refractivity contribution in [2.75, 3.05) is 5.73 Å². The molecule has 0 amide bonds. The van der Waals surface area contributed by atoms with Crippen molar-refractivity contribution < 1.29 is 17.9 Å². The lowest BCUT2D eigenvalue weighted by atomic mass is 9.89. The largest absolute Gasteiger partial charge is 0.474 e. The number of hydrogen-bond donors (Lipinski definition) is 1. The molecule has 0 bridgehead atoms. The average molecular weight is 275 g/mol. The maximum atomic E-state index is 12.6. The van der Waals surface area contributed by atoms with Crippen molar-refractivity contribution in [2.24, 2.45) is 5.92 Å². The highest BCUT2D eigenvalue weighted by molar-refractivity contribution is 5.27. The number of alkyl halides is 3. The second-order valence-electron chi connectivity index (χ2n) is 4.95. The van der Waals surface area contributed by atoms with Gasteiger partial charge in [-0.25, -0.2) is 4.98 Å². The van der Waals surface area contributed by atoms with E-state index in [4.69, 9.17) is 10.5 Å². The minimum Gasteiger partial charge on any atom is -0.474 e. The molecule has 0 saturated heterocycles. The zero-order valence-electron chi connectivity index (χ0n) is 10.6. The predicted molar refractivity (Wildman–Crippen MR) is 63.5 cm³/mol. The van der Waals surface area contributed by atoms with Crippen molar-refractivity contribution in [3.8, 4) is 5.88 Å². The fourth-order valence-electron chi connectivity index (χ4n) is 2.17. The lowest BCUT2D eigenvalue weighted by molar-refractivity contribution is -0.141. The number of nitrogen functional groups attached to an aromatic ring is 1. The molecule has 1 aromatic heterocycles. The van der Waals surface area contributed by atoms with Crippen LogP contribution in [0.4, 0.5) is 19.1 Å². The molecule has 0 atom stereocenters. The quantitative estimate of drug-likeness (QED) is 0.901. The third kappa shape index (κ3) is 3.71. The van der Waals surface area contributed by atoms with Crippen LogP contribution in [-0.2, 0) is 6.18 Å². The molecular formula is C12H16F3N3O. The van der Waals surface area contributed by atoms with Crippen LogP contribution in [0.15, 0.2) is 6.07 Å². The monoisotopic (exact) mass is 275 g/mol. The van der Waals surface area contributed by atoms with E-state index in [9.17, 15) is 13.2 Å². The van der Waals surface area contributed by atoms with Crippen LogP contribution in [0.25, 0.3) is 0 Å². The van der Waals surface area contributed by atoms with Gasteiger partial charge in [0.05, 0.1) is 0 Å². The SMILES string of the molecule is CC1CCC(Oc2cc(C(F)(F)F)nc(N)n2)CC1. The van der Waals surface area contributed by atoms with Crippen molar-refractivity contribution in [1.29, 1.82) is 0 Å². The molecule has 2 N–H and O–H groups in total. The Labute approximate surface area is 109 Å². The number of rotatable bonds is 2. The number of nitrogens with two attached hydrogens (primary N) is 1. The topological polar surface area (TPSA) is 61.0 Å². The Morgan fingerprint density at radius 2 is 1.84 bits per heavy atom. The Kier molecular flexibility index (Phi) is 3.82. The number of nitrogens with zero attached hydrogens (tertiary/aromatic N) is 2. The van der Waals surface area contributed by atoms with Crippen LogP contribution in [0.3, 0.4) is 0 Å². The fourth-order valence-corrected chi connectivity index (χ4v) is 2.17. The molecule has 0 unspecified atom stereocenters. The molecule has 0 aliphatic heterocycles. The van der Waals surface area contributed by atoms with Crippen LogP contribution in [0.5, 0.6) is 5.88 Å². The lowest BCUT2D eigenvalue weighted by Crippen LogP contribution is -2.24. The zero-order chi connectivity index (χ0) is 14.0. The van der Waals surface area contributed by atoms with Gasteiger partial charge in [-0.05, 0) is 31.6 Å². The van der Waals surface area contributed by atoms with Crippen LogP contribution in [0, 0.1) is 5.92 Å². The van der Waals surface area contributed by atoms with Gasteiger partial charge in [-0.3, -0.25) is 0 Å². The minimum atomic E-state index is -4.55. The standard InChI is InChI=1S/C12H16F3N3O/c1-7-2-4-8(5-3-7)19-10-6-9(12(13,14)15)17-11(16)18-10/h6-8H,2-5H2,1H3,(H2,16,17,18). The van der Waals surface area contributed by atoms with Gasteiger partial charge in [-0.1, -0.05) is 6.92 Å². The highest BCUT2D eigenvalue weighted by atomic mass is 19.4. The van der Waals surface area contributed by atoms with E-state index in [1.807, 2.05) is 0 Å². The summed E-state index contributed by atoms with van der Waals surface area (Å²) in [4.78, 5) is 6.88. The van der Waals surface area contributed by atoms with Crippen molar-refractivity contribution >= 4 is 5.95 Å². The van der Waals surface area contributed by atoms with E-state index in [2.05, 4.69) is 16.9 Å². The molecule has 2 rings (SSSR count). The van der Waals surface area contributed by atoms with E-state index >= 15 is 0 Å². The summed E-state index contributed by atoms with van der Waals surface area (Å²) in [6.45, 7) is 2.15. The maximum Gasteiger partial charge on any atom is 0.433 e. The second kappa shape index (κ2) is 5.22. The number of anilines is 1. The zero-order valence-corrected chi connectivity index (χ0v) is 10.6. The summed E-state index contributed by atoms with van der Waals surface area (Å²) in [6.07, 6.45) is -0.962. The lowest BCUT2D eigenvalue weighted by Gasteiger charge is -2.26. The Bertz CT molecular complexity index is 442. The molecule has 1 heterocycles. The maximum absolute atomic E-state index is 12.6. The molecule has 1 fully saturated rings. The van der Waals surface area contributed by atoms with E-state index < -0.39 is 17.8 Å². The second-order valence-corrected chi connectivity index (χ2v) is 4.95. The summed E-state index contributed by atoms with van der Waals surface area (Å²) in [5.74, 6) is 0.120. The highest BCUT2D eigenvalue weighted by Crippen LogP contribution is 2.31. The fraction of sp³-hybridized carbons (Fsp3) is 0.667. The average Bonchev–Trinajstić information content (AvgIpc) is 2.30. The van der Waals surface area contributed by atoms with Gasteiger partial charge in [0.15, 0.2) is 5.69 Å². The number of ether oxygens (including phenoxy) is 1. The minimum absolute atomic E-state index is 0.0911. The van der Waals surface area contributed by atoms with Crippen LogP contribution >= 0.6 is 0 Å². The summed E-state index contributed by atoms with van der Waals surface area (Å²) in [7, 11) is 0. The summed E-state index contributed by atoms with van der Waals surface area (Å²) in [5.41, 5.74) is 4.21. The Morgan fingerprint density at radius 3 is 2.42 bits per heavy atom. The van der Waals surface area contributed by atoms with Crippen LogP contribution in [0.1, 0.15) is 38.3 Å². The molecule has 1 aliphatic rings. The molecule has 7 heteroatoms. The number of hydrogen-bond acceptors (Lipinski definition) is 4. The number of aromatic nitrogens is 2. The molecule has 19 heavy (non-hydrogen) atoms. The van der Waals surface area contributed by atoms with Gasteiger partial charge in [-0.15, -0.1) is 0 Å². The molecule has 1 aliphatic carbocycles. The first-order valence-corrected chi connectivity index (χ1v) is 6.23. The van der Waals surface area contributed by atoms with E-state index in [0.717, 1.165) is 31.7 Å². The summed E-state index contributed by atoms with van der Waals surface area (Å²) in [5, 5.41) is 0. The number of halogens is 3. The Morgan fingerprint density at radius 1 is 1.21 bits per heavy atom. The third-order valence-electron chi connectivity index (χ3n) is 3.26. The van der Waals surface area contributed by atoms with Crippen molar-refractivity contribution in [3.63, 3.8) is 0 Å². The van der Waals surface area contributed by atoms with Crippen molar-refractivity contribution in [1.82, 2.24) is 9.97 Å². The first-order chi connectivity index (χ1) is 8.84. The van der Waals surface area contributed by atoms with Gasteiger partial charge in [0.2, 0.25) is 11.8 Å². The first kappa shape index (κ1) is 13.9. The van der Waals surface area contributed by atoms with Crippen LogP contribution in [-0.4, -0.2) is 16.1 Å². The normalized spacial score (nSPS) is 24.2. The molecule has 1 saturated carbocycles. The highest BCUT2D eigenvalue weighted by Gasteiger charge is 2.34. The summed E-state index contributed by atoms with van der Waals surface area (Å²) < 4.78 is 43.2. The van der Waals surface area contributed by atoms with Crippen molar-refractivity contribution in [3.05, 3.63) is 11.8 Å². The van der Waals surface area contributed by atoms with E-state index in [1.165, 1.54) is 0 Å². The molecule has 106 valence electrons. The predicted octanol–water partition coefficient (Wildman–Crippen LogP) is 3.04. The van der Waals surface area contributed by atoms with Crippen molar-refractivity contribution in [2.45, 2.75) is 44.9 Å². The molecule has 0 radical (unpaired) electrons. The van der Waals surface area contributed by atoms with Gasteiger partial charge in [0.25, 0.3) is 0 Å². The third-order valence-corrected chi connectivity index (χ3v) is 3.26. The summed E-state index contributed by atoms with van der Waals surface area (Å²) in [6, 6.07) is 0.800. The van der Waals surface area contributed by atoms with E-state index in [1.54, 1.807) is 0 Å². The van der Waals surface area contributed by atoms with Gasteiger partial charge in [0.1, 0.15) is 6.10 Å². The Hall–Kier alpha value is -1.53. The molecular weight excluding hydrogens is 259 g/mol. The first-order valence-electron chi connectivity index (χ1n) is 6.23.